The van der Waals surface area contributed by atoms with Crippen LogP contribution in [0.5, 0.6) is 0 Å². The van der Waals surface area contributed by atoms with Gasteiger partial charge in [-0.3, -0.25) is 9.89 Å². The molecule has 5 nitrogen and oxygen atoms in total. The molecule has 0 unspecified atom stereocenters. The van der Waals surface area contributed by atoms with Crippen LogP contribution in [-0.4, -0.2) is 33.4 Å². The number of carbonyl (C=O) groups is 1. The first-order chi connectivity index (χ1) is 10.5. The average Bonchev–Trinajstić information content (AvgIpc) is 2.80. The maximum atomic E-state index is 12.1. The van der Waals surface area contributed by atoms with Gasteiger partial charge in [-0.15, -0.1) is 0 Å². The van der Waals surface area contributed by atoms with Crippen LogP contribution in [0.3, 0.4) is 0 Å². The SMILES string of the molecule is Cc1n[nH]c(C)c1CC(=O)N[C@@H](C)[C@@H](O)Cc1ccccc1. The van der Waals surface area contributed by atoms with Crippen molar-refractivity contribution in [3.05, 3.63) is 52.8 Å². The van der Waals surface area contributed by atoms with E-state index in [9.17, 15) is 9.90 Å². The van der Waals surface area contributed by atoms with E-state index in [2.05, 4.69) is 15.5 Å². The van der Waals surface area contributed by atoms with Gasteiger partial charge in [0.2, 0.25) is 5.91 Å². The number of benzene rings is 1. The molecule has 0 fully saturated rings. The van der Waals surface area contributed by atoms with Crippen molar-refractivity contribution in [3.63, 3.8) is 0 Å². The first-order valence-electron chi connectivity index (χ1n) is 7.49. The summed E-state index contributed by atoms with van der Waals surface area (Å²) in [4.78, 5) is 12.1. The number of nitrogens with zero attached hydrogens (tertiary/aromatic N) is 1. The van der Waals surface area contributed by atoms with Crippen molar-refractivity contribution in [2.75, 3.05) is 0 Å². The largest absolute Gasteiger partial charge is 0.391 e. The third kappa shape index (κ3) is 4.18. The van der Waals surface area contributed by atoms with E-state index in [1.807, 2.05) is 51.1 Å². The van der Waals surface area contributed by atoms with Crippen molar-refractivity contribution < 1.29 is 9.90 Å². The van der Waals surface area contributed by atoms with Crippen LogP contribution in [0.15, 0.2) is 30.3 Å². The summed E-state index contributed by atoms with van der Waals surface area (Å²) in [5, 5.41) is 20.0. The fourth-order valence-corrected chi connectivity index (χ4v) is 2.43. The number of hydrogen-bond donors (Lipinski definition) is 3. The second kappa shape index (κ2) is 7.22. The van der Waals surface area contributed by atoms with Gasteiger partial charge in [0.15, 0.2) is 0 Å². The van der Waals surface area contributed by atoms with Crippen LogP contribution in [-0.2, 0) is 17.6 Å². The number of hydrogen-bond acceptors (Lipinski definition) is 3. The Morgan fingerprint density at radius 1 is 1.32 bits per heavy atom. The second-order valence-corrected chi connectivity index (χ2v) is 5.70. The number of amides is 1. The molecule has 1 heterocycles. The number of aliphatic hydroxyl groups is 1. The van der Waals surface area contributed by atoms with Crippen LogP contribution in [0.4, 0.5) is 0 Å². The first-order valence-corrected chi connectivity index (χ1v) is 7.49. The Morgan fingerprint density at radius 3 is 2.59 bits per heavy atom. The van der Waals surface area contributed by atoms with Gasteiger partial charge in [-0.1, -0.05) is 30.3 Å². The normalized spacial score (nSPS) is 13.6. The Labute approximate surface area is 130 Å². The molecule has 0 aliphatic rings. The monoisotopic (exact) mass is 301 g/mol. The Hall–Kier alpha value is -2.14. The minimum absolute atomic E-state index is 0.104. The van der Waals surface area contributed by atoms with Crippen molar-refractivity contribution in [1.29, 1.82) is 0 Å². The molecule has 118 valence electrons. The van der Waals surface area contributed by atoms with Gasteiger partial charge < -0.3 is 10.4 Å². The summed E-state index contributed by atoms with van der Waals surface area (Å²) in [6.07, 6.45) is 0.181. The Balaban J connectivity index is 1.88. The Bertz CT molecular complexity index is 603. The summed E-state index contributed by atoms with van der Waals surface area (Å²) in [5.41, 5.74) is 3.72. The number of aromatic amines is 1. The van der Waals surface area contributed by atoms with E-state index in [-0.39, 0.29) is 18.4 Å². The highest BCUT2D eigenvalue weighted by Crippen LogP contribution is 2.11. The fourth-order valence-electron chi connectivity index (χ4n) is 2.43. The molecule has 1 aromatic heterocycles. The number of carbonyl (C=O) groups excluding carboxylic acids is 1. The van der Waals surface area contributed by atoms with Crippen molar-refractivity contribution in [1.82, 2.24) is 15.5 Å². The van der Waals surface area contributed by atoms with E-state index < -0.39 is 6.10 Å². The Morgan fingerprint density at radius 2 is 2.00 bits per heavy atom. The number of aryl methyl sites for hydroxylation is 2. The topological polar surface area (TPSA) is 78.0 Å². The highest BCUT2D eigenvalue weighted by Gasteiger charge is 2.18. The molecule has 0 saturated carbocycles. The van der Waals surface area contributed by atoms with E-state index in [0.29, 0.717) is 6.42 Å². The number of aliphatic hydroxyl groups excluding tert-OH is 1. The highest BCUT2D eigenvalue weighted by atomic mass is 16.3. The van der Waals surface area contributed by atoms with Gasteiger partial charge in [-0.05, 0) is 26.3 Å². The molecule has 1 aromatic carbocycles. The molecule has 22 heavy (non-hydrogen) atoms. The lowest BCUT2D eigenvalue weighted by atomic mass is 10.0. The van der Waals surface area contributed by atoms with E-state index in [4.69, 9.17) is 0 Å². The number of rotatable bonds is 6. The van der Waals surface area contributed by atoms with Crippen molar-refractivity contribution >= 4 is 5.91 Å². The lowest BCUT2D eigenvalue weighted by molar-refractivity contribution is -0.121. The predicted octanol–water partition coefficient (Wildman–Crippen LogP) is 1.68. The van der Waals surface area contributed by atoms with Crippen LogP contribution < -0.4 is 5.32 Å². The molecular formula is C17H23N3O2. The standard InChI is InChI=1S/C17H23N3O2/c1-11-15(12(2)20-19-11)10-17(22)18-13(3)16(21)9-14-7-5-4-6-8-14/h4-8,13,16,21H,9-10H2,1-3H3,(H,18,22)(H,19,20)/t13-,16-/m0/s1. The van der Waals surface area contributed by atoms with Gasteiger partial charge >= 0.3 is 0 Å². The van der Waals surface area contributed by atoms with Gasteiger partial charge in [0.25, 0.3) is 0 Å². The molecule has 5 heteroatoms. The molecule has 0 aliphatic heterocycles. The van der Waals surface area contributed by atoms with Crippen LogP contribution in [0, 0.1) is 13.8 Å². The van der Waals surface area contributed by atoms with E-state index in [1.54, 1.807) is 0 Å². The maximum Gasteiger partial charge on any atom is 0.224 e. The fraction of sp³-hybridized carbons (Fsp3) is 0.412. The lowest BCUT2D eigenvalue weighted by Crippen LogP contribution is -2.42. The molecule has 0 saturated heterocycles. The molecule has 0 aliphatic carbocycles. The smallest absolute Gasteiger partial charge is 0.224 e. The summed E-state index contributed by atoms with van der Waals surface area (Å²) >= 11 is 0. The minimum atomic E-state index is -0.613. The van der Waals surface area contributed by atoms with Crippen LogP contribution >= 0.6 is 0 Å². The Kier molecular flexibility index (Phi) is 5.33. The van der Waals surface area contributed by atoms with Gasteiger partial charge in [0.1, 0.15) is 0 Å². The van der Waals surface area contributed by atoms with Gasteiger partial charge in [-0.25, -0.2) is 0 Å². The zero-order valence-corrected chi connectivity index (χ0v) is 13.3. The second-order valence-electron chi connectivity index (χ2n) is 5.70. The van der Waals surface area contributed by atoms with E-state index in [0.717, 1.165) is 22.5 Å². The predicted molar refractivity (Wildman–Crippen MR) is 85.5 cm³/mol. The molecule has 2 aromatic rings. The molecule has 0 bridgehead atoms. The molecular weight excluding hydrogens is 278 g/mol. The molecule has 1 amide bonds. The third-order valence-electron chi connectivity index (χ3n) is 3.87. The molecule has 2 atom stereocenters. The zero-order chi connectivity index (χ0) is 16.1. The van der Waals surface area contributed by atoms with Crippen LogP contribution in [0.1, 0.15) is 29.4 Å². The number of aromatic nitrogens is 2. The van der Waals surface area contributed by atoms with Crippen LogP contribution in [0.25, 0.3) is 0 Å². The average molecular weight is 301 g/mol. The zero-order valence-electron chi connectivity index (χ0n) is 13.3. The highest BCUT2D eigenvalue weighted by molar-refractivity contribution is 5.79. The van der Waals surface area contributed by atoms with Crippen molar-refractivity contribution in [2.45, 2.75) is 45.8 Å². The molecule has 0 radical (unpaired) electrons. The summed E-state index contributed by atoms with van der Waals surface area (Å²) < 4.78 is 0. The van der Waals surface area contributed by atoms with Crippen molar-refractivity contribution in [2.24, 2.45) is 0 Å². The quantitative estimate of drug-likeness (QED) is 0.759. The van der Waals surface area contributed by atoms with E-state index in [1.165, 1.54) is 0 Å². The summed E-state index contributed by atoms with van der Waals surface area (Å²) in [6.45, 7) is 5.59. The third-order valence-corrected chi connectivity index (χ3v) is 3.87. The van der Waals surface area contributed by atoms with Crippen LogP contribution in [0.2, 0.25) is 0 Å². The lowest BCUT2D eigenvalue weighted by Gasteiger charge is -2.20. The first kappa shape index (κ1) is 16.2. The minimum Gasteiger partial charge on any atom is -0.391 e. The maximum absolute atomic E-state index is 12.1. The molecule has 2 rings (SSSR count). The summed E-state index contributed by atoms with van der Waals surface area (Å²) in [5.74, 6) is -0.104. The molecule has 0 spiro atoms. The number of H-pyrrole nitrogens is 1. The van der Waals surface area contributed by atoms with Gasteiger partial charge in [-0.2, -0.15) is 5.10 Å². The summed E-state index contributed by atoms with van der Waals surface area (Å²) in [7, 11) is 0. The van der Waals surface area contributed by atoms with Crippen molar-refractivity contribution in [3.8, 4) is 0 Å². The van der Waals surface area contributed by atoms with Gasteiger partial charge in [0, 0.05) is 17.7 Å². The van der Waals surface area contributed by atoms with Gasteiger partial charge in [0.05, 0.1) is 24.3 Å². The number of nitrogens with one attached hydrogen (secondary N) is 2. The molecule has 3 N–H and O–H groups in total. The summed E-state index contributed by atoms with van der Waals surface area (Å²) in [6, 6.07) is 9.45. The van der Waals surface area contributed by atoms with E-state index >= 15 is 0 Å².